The van der Waals surface area contributed by atoms with Gasteiger partial charge in [-0.15, -0.1) is 0 Å². The number of benzene rings is 2. The minimum Gasteiger partial charge on any atom is -0.493 e. The number of methoxy groups -OCH3 is 1. The Labute approximate surface area is 138 Å². The lowest BCUT2D eigenvalue weighted by molar-refractivity contribution is 0.168. The molecule has 2 rings (SSSR count). The maximum absolute atomic E-state index is 10.3. The molecule has 0 saturated carbocycles. The van der Waals surface area contributed by atoms with Crippen LogP contribution in [0.5, 0.6) is 11.5 Å². The number of rotatable bonds is 8. The van der Waals surface area contributed by atoms with Gasteiger partial charge in [0, 0.05) is 0 Å². The first-order chi connectivity index (χ1) is 11.1. The third-order valence-corrected chi connectivity index (χ3v) is 3.86. The molecule has 0 heterocycles. The van der Waals surface area contributed by atoms with Gasteiger partial charge in [0.1, 0.15) is 0 Å². The van der Waals surface area contributed by atoms with E-state index in [9.17, 15) is 5.11 Å². The van der Waals surface area contributed by atoms with E-state index in [4.69, 9.17) is 9.47 Å². The molecule has 1 atom stereocenters. The molecular weight excluding hydrogens is 288 g/mol. The van der Waals surface area contributed by atoms with Gasteiger partial charge < -0.3 is 14.6 Å². The Morgan fingerprint density at radius 2 is 1.78 bits per heavy atom. The highest BCUT2D eigenvalue weighted by molar-refractivity contribution is 5.43. The Morgan fingerprint density at radius 3 is 2.43 bits per heavy atom. The minimum absolute atomic E-state index is 0.447. The molecule has 0 aliphatic carbocycles. The van der Waals surface area contributed by atoms with E-state index in [1.54, 1.807) is 7.11 Å². The second-order valence-electron chi connectivity index (χ2n) is 5.80. The molecule has 0 aliphatic heterocycles. The van der Waals surface area contributed by atoms with Crippen LogP contribution in [-0.4, -0.2) is 18.8 Å². The van der Waals surface area contributed by atoms with E-state index in [0.29, 0.717) is 13.0 Å². The number of aliphatic hydroxyl groups excluding tert-OH is 1. The average molecular weight is 314 g/mol. The molecule has 0 bridgehead atoms. The van der Waals surface area contributed by atoms with Gasteiger partial charge >= 0.3 is 0 Å². The Bertz CT molecular complexity index is 605. The molecule has 1 unspecified atom stereocenters. The summed E-state index contributed by atoms with van der Waals surface area (Å²) in [5.41, 5.74) is 3.31. The fourth-order valence-electron chi connectivity index (χ4n) is 2.46. The van der Waals surface area contributed by atoms with Crippen molar-refractivity contribution in [2.24, 2.45) is 0 Å². The number of hydrogen-bond acceptors (Lipinski definition) is 3. The van der Waals surface area contributed by atoms with Crippen molar-refractivity contribution in [2.75, 3.05) is 13.7 Å². The van der Waals surface area contributed by atoms with Gasteiger partial charge in [-0.1, -0.05) is 42.8 Å². The summed E-state index contributed by atoms with van der Waals surface area (Å²) in [6, 6.07) is 14.0. The van der Waals surface area contributed by atoms with Crippen LogP contribution in [0, 0.1) is 6.92 Å². The molecule has 0 radical (unpaired) electrons. The van der Waals surface area contributed by atoms with E-state index in [1.165, 1.54) is 5.56 Å². The molecule has 0 fully saturated rings. The number of aliphatic hydroxyl groups is 1. The van der Waals surface area contributed by atoms with Crippen molar-refractivity contribution in [1.82, 2.24) is 0 Å². The standard InChI is InChI=1S/C20H26O3/c1-4-13-23-20-14-16(8-12-19(20)22-3)7-11-18(21)17-9-5-15(2)6-10-17/h5-6,8-10,12,14,18,21H,4,7,11,13H2,1-3H3. The van der Waals surface area contributed by atoms with Crippen LogP contribution in [0.25, 0.3) is 0 Å². The highest BCUT2D eigenvalue weighted by atomic mass is 16.5. The van der Waals surface area contributed by atoms with E-state index >= 15 is 0 Å². The Hall–Kier alpha value is -2.00. The van der Waals surface area contributed by atoms with Gasteiger partial charge in [-0.05, 0) is 49.4 Å². The second kappa shape index (κ2) is 8.59. The van der Waals surface area contributed by atoms with Crippen molar-refractivity contribution in [3.05, 3.63) is 59.2 Å². The predicted octanol–water partition coefficient (Wildman–Crippen LogP) is 4.46. The molecule has 0 aromatic heterocycles. The van der Waals surface area contributed by atoms with Crippen LogP contribution in [0.15, 0.2) is 42.5 Å². The van der Waals surface area contributed by atoms with Gasteiger partial charge in [0.25, 0.3) is 0 Å². The second-order valence-corrected chi connectivity index (χ2v) is 5.80. The van der Waals surface area contributed by atoms with E-state index < -0.39 is 6.10 Å². The largest absolute Gasteiger partial charge is 0.493 e. The predicted molar refractivity (Wildman–Crippen MR) is 93.2 cm³/mol. The van der Waals surface area contributed by atoms with Crippen molar-refractivity contribution in [3.63, 3.8) is 0 Å². The molecule has 3 nitrogen and oxygen atoms in total. The topological polar surface area (TPSA) is 38.7 Å². The van der Waals surface area contributed by atoms with Crippen molar-refractivity contribution in [3.8, 4) is 11.5 Å². The first-order valence-corrected chi connectivity index (χ1v) is 8.18. The fraction of sp³-hybridized carbons (Fsp3) is 0.400. The summed E-state index contributed by atoms with van der Waals surface area (Å²) >= 11 is 0. The lowest BCUT2D eigenvalue weighted by Gasteiger charge is -2.14. The van der Waals surface area contributed by atoms with Crippen LogP contribution in [0.1, 0.15) is 42.6 Å². The SMILES string of the molecule is CCCOc1cc(CCC(O)c2ccc(C)cc2)ccc1OC. The summed E-state index contributed by atoms with van der Waals surface area (Å²) in [7, 11) is 1.65. The van der Waals surface area contributed by atoms with E-state index in [2.05, 4.69) is 6.92 Å². The molecule has 0 spiro atoms. The highest BCUT2D eigenvalue weighted by Crippen LogP contribution is 2.29. The van der Waals surface area contributed by atoms with Gasteiger partial charge in [0.05, 0.1) is 19.8 Å². The molecule has 2 aromatic carbocycles. The molecule has 3 heteroatoms. The van der Waals surface area contributed by atoms with Crippen molar-refractivity contribution in [2.45, 2.75) is 39.2 Å². The van der Waals surface area contributed by atoms with Crippen LogP contribution >= 0.6 is 0 Å². The molecule has 0 amide bonds. The highest BCUT2D eigenvalue weighted by Gasteiger charge is 2.10. The average Bonchev–Trinajstić information content (AvgIpc) is 2.58. The summed E-state index contributed by atoms with van der Waals surface area (Å²) < 4.78 is 11.1. The monoisotopic (exact) mass is 314 g/mol. The van der Waals surface area contributed by atoms with Crippen LogP contribution in [0.3, 0.4) is 0 Å². The lowest BCUT2D eigenvalue weighted by Crippen LogP contribution is -2.01. The van der Waals surface area contributed by atoms with E-state index in [0.717, 1.165) is 35.5 Å². The van der Waals surface area contributed by atoms with Gasteiger partial charge in [-0.25, -0.2) is 0 Å². The lowest BCUT2D eigenvalue weighted by atomic mass is 10.0. The number of hydrogen-bond donors (Lipinski definition) is 1. The first-order valence-electron chi connectivity index (χ1n) is 8.18. The van der Waals surface area contributed by atoms with Gasteiger partial charge in [0.15, 0.2) is 11.5 Å². The van der Waals surface area contributed by atoms with Gasteiger partial charge in [0.2, 0.25) is 0 Å². The zero-order valence-electron chi connectivity index (χ0n) is 14.2. The van der Waals surface area contributed by atoms with Crippen LogP contribution in [0.4, 0.5) is 0 Å². The molecule has 0 saturated heterocycles. The zero-order chi connectivity index (χ0) is 16.7. The quantitative estimate of drug-likeness (QED) is 0.782. The third kappa shape index (κ3) is 5.00. The summed E-state index contributed by atoms with van der Waals surface area (Å²) in [6.07, 6.45) is 1.99. The Morgan fingerprint density at radius 1 is 1.04 bits per heavy atom. The van der Waals surface area contributed by atoms with E-state index in [1.807, 2.05) is 49.4 Å². The molecule has 1 N–H and O–H groups in total. The van der Waals surface area contributed by atoms with Crippen LogP contribution in [0.2, 0.25) is 0 Å². The normalized spacial score (nSPS) is 12.0. The van der Waals surface area contributed by atoms with Crippen LogP contribution < -0.4 is 9.47 Å². The Balaban J connectivity index is 2.00. The molecule has 23 heavy (non-hydrogen) atoms. The number of ether oxygens (including phenoxy) is 2. The summed E-state index contributed by atoms with van der Waals surface area (Å²) in [4.78, 5) is 0. The number of aryl methyl sites for hydroxylation is 2. The summed E-state index contributed by atoms with van der Waals surface area (Å²) in [5, 5.41) is 10.3. The smallest absolute Gasteiger partial charge is 0.161 e. The maximum atomic E-state index is 10.3. The fourth-order valence-corrected chi connectivity index (χ4v) is 2.46. The zero-order valence-corrected chi connectivity index (χ0v) is 14.2. The van der Waals surface area contributed by atoms with Gasteiger partial charge in [-0.3, -0.25) is 0 Å². The third-order valence-electron chi connectivity index (χ3n) is 3.86. The Kier molecular flexibility index (Phi) is 6.48. The maximum Gasteiger partial charge on any atom is 0.161 e. The molecule has 0 aliphatic rings. The van der Waals surface area contributed by atoms with Gasteiger partial charge in [-0.2, -0.15) is 0 Å². The van der Waals surface area contributed by atoms with Crippen molar-refractivity contribution >= 4 is 0 Å². The van der Waals surface area contributed by atoms with Crippen LogP contribution in [-0.2, 0) is 6.42 Å². The minimum atomic E-state index is -0.447. The molecule has 2 aromatic rings. The first kappa shape index (κ1) is 17.4. The summed E-state index contributed by atoms with van der Waals surface area (Å²) in [6.45, 7) is 4.80. The van der Waals surface area contributed by atoms with Crippen molar-refractivity contribution in [1.29, 1.82) is 0 Å². The van der Waals surface area contributed by atoms with Crippen molar-refractivity contribution < 1.29 is 14.6 Å². The molecular formula is C20H26O3. The van der Waals surface area contributed by atoms with E-state index in [-0.39, 0.29) is 0 Å². The molecule has 124 valence electrons. The summed E-state index contributed by atoms with van der Waals surface area (Å²) in [5.74, 6) is 1.53.